The molecule has 0 radical (unpaired) electrons. The lowest BCUT2D eigenvalue weighted by Gasteiger charge is -2.15. The van der Waals surface area contributed by atoms with Gasteiger partial charge in [-0.3, -0.25) is 0 Å². The second kappa shape index (κ2) is 7.41. The van der Waals surface area contributed by atoms with Gasteiger partial charge >= 0.3 is 0 Å². The van der Waals surface area contributed by atoms with E-state index in [1.165, 1.54) is 22.6 Å². The van der Waals surface area contributed by atoms with Crippen LogP contribution in [0.1, 0.15) is 17.0 Å². The summed E-state index contributed by atoms with van der Waals surface area (Å²) in [6, 6.07) is 12.5. The molecule has 1 aromatic heterocycles. The van der Waals surface area contributed by atoms with E-state index in [4.69, 9.17) is 4.74 Å². The van der Waals surface area contributed by atoms with Crippen LogP contribution in [0.3, 0.4) is 0 Å². The second-order valence-electron chi connectivity index (χ2n) is 5.28. The molecule has 2 N–H and O–H groups in total. The number of rotatable bonds is 7. The summed E-state index contributed by atoms with van der Waals surface area (Å²) >= 11 is 0. The quantitative estimate of drug-likeness (QED) is 0.821. The van der Waals surface area contributed by atoms with E-state index in [2.05, 4.69) is 41.9 Å². The van der Waals surface area contributed by atoms with Crippen LogP contribution in [0, 0.1) is 13.8 Å². The van der Waals surface area contributed by atoms with Crippen molar-refractivity contribution in [3.05, 3.63) is 53.3 Å². The van der Waals surface area contributed by atoms with Gasteiger partial charge in [0.2, 0.25) is 0 Å². The Morgan fingerprint density at radius 3 is 2.57 bits per heavy atom. The molecule has 1 unspecified atom stereocenters. The third kappa shape index (κ3) is 3.73. The SMILES string of the molecule is COCC(CO)NCc1cc(C)n(-c2ccccc2)c1C. The number of para-hydroxylation sites is 1. The molecule has 2 aromatic rings. The smallest absolute Gasteiger partial charge is 0.0638 e. The standard InChI is InChI=1S/C17H24N2O2/c1-13-9-15(10-18-16(11-20)12-21-3)14(2)19(13)17-7-5-4-6-8-17/h4-9,16,18,20H,10-12H2,1-3H3. The Morgan fingerprint density at radius 2 is 1.95 bits per heavy atom. The lowest BCUT2D eigenvalue weighted by molar-refractivity contribution is 0.128. The van der Waals surface area contributed by atoms with Crippen LogP contribution in [0.4, 0.5) is 0 Å². The van der Waals surface area contributed by atoms with Crippen molar-refractivity contribution in [2.75, 3.05) is 20.3 Å². The highest BCUT2D eigenvalue weighted by molar-refractivity contribution is 5.40. The molecule has 0 fully saturated rings. The van der Waals surface area contributed by atoms with Gasteiger partial charge in [-0.25, -0.2) is 0 Å². The number of ether oxygens (including phenoxy) is 1. The summed E-state index contributed by atoms with van der Waals surface area (Å²) in [7, 11) is 1.64. The molecule has 4 heteroatoms. The van der Waals surface area contributed by atoms with Gasteiger partial charge in [0.1, 0.15) is 0 Å². The maximum Gasteiger partial charge on any atom is 0.0638 e. The maximum absolute atomic E-state index is 9.29. The molecule has 0 spiro atoms. The monoisotopic (exact) mass is 288 g/mol. The largest absolute Gasteiger partial charge is 0.395 e. The lowest BCUT2D eigenvalue weighted by Crippen LogP contribution is -2.36. The summed E-state index contributed by atoms with van der Waals surface area (Å²) in [5, 5.41) is 12.6. The predicted molar refractivity (Wildman–Crippen MR) is 84.8 cm³/mol. The minimum Gasteiger partial charge on any atom is -0.395 e. The fraction of sp³-hybridized carbons (Fsp3) is 0.412. The Bertz CT molecular complexity index is 564. The van der Waals surface area contributed by atoms with Crippen molar-refractivity contribution in [1.82, 2.24) is 9.88 Å². The number of aryl methyl sites for hydroxylation is 1. The van der Waals surface area contributed by atoms with Gasteiger partial charge < -0.3 is 19.7 Å². The van der Waals surface area contributed by atoms with Gasteiger partial charge in [0.25, 0.3) is 0 Å². The van der Waals surface area contributed by atoms with E-state index in [0.29, 0.717) is 6.61 Å². The van der Waals surface area contributed by atoms with Crippen molar-refractivity contribution in [1.29, 1.82) is 0 Å². The lowest BCUT2D eigenvalue weighted by atomic mass is 10.2. The van der Waals surface area contributed by atoms with Crippen molar-refractivity contribution in [3.63, 3.8) is 0 Å². The summed E-state index contributed by atoms with van der Waals surface area (Å²) in [4.78, 5) is 0. The van der Waals surface area contributed by atoms with Crippen molar-refractivity contribution < 1.29 is 9.84 Å². The number of nitrogens with one attached hydrogen (secondary N) is 1. The van der Waals surface area contributed by atoms with Crippen LogP contribution in [0.15, 0.2) is 36.4 Å². The Balaban J connectivity index is 2.16. The van der Waals surface area contributed by atoms with Gasteiger partial charge in [-0.1, -0.05) is 18.2 Å². The first-order valence-corrected chi connectivity index (χ1v) is 7.23. The highest BCUT2D eigenvalue weighted by Crippen LogP contribution is 2.20. The molecule has 21 heavy (non-hydrogen) atoms. The van der Waals surface area contributed by atoms with E-state index >= 15 is 0 Å². The molecule has 1 aromatic carbocycles. The molecule has 0 amide bonds. The number of aromatic nitrogens is 1. The van der Waals surface area contributed by atoms with E-state index in [1.807, 2.05) is 18.2 Å². The highest BCUT2D eigenvalue weighted by Gasteiger charge is 2.12. The minimum atomic E-state index is -0.0326. The molecular formula is C17H24N2O2. The van der Waals surface area contributed by atoms with Gasteiger partial charge in [-0.2, -0.15) is 0 Å². The molecule has 0 aliphatic heterocycles. The number of aliphatic hydroxyl groups is 1. The van der Waals surface area contributed by atoms with Crippen LogP contribution in [0.5, 0.6) is 0 Å². The number of hydrogen-bond acceptors (Lipinski definition) is 3. The topological polar surface area (TPSA) is 46.4 Å². The molecule has 1 heterocycles. The van der Waals surface area contributed by atoms with Crippen LogP contribution >= 0.6 is 0 Å². The zero-order valence-electron chi connectivity index (χ0n) is 13.0. The first kappa shape index (κ1) is 15.8. The molecule has 2 rings (SSSR count). The zero-order chi connectivity index (χ0) is 15.2. The number of aliphatic hydroxyl groups excluding tert-OH is 1. The van der Waals surface area contributed by atoms with Crippen LogP contribution in [-0.2, 0) is 11.3 Å². The van der Waals surface area contributed by atoms with Crippen molar-refractivity contribution in [2.24, 2.45) is 0 Å². The second-order valence-corrected chi connectivity index (χ2v) is 5.28. The van der Waals surface area contributed by atoms with Crippen LogP contribution in [0.2, 0.25) is 0 Å². The maximum atomic E-state index is 9.29. The Kier molecular flexibility index (Phi) is 5.56. The van der Waals surface area contributed by atoms with Crippen LogP contribution < -0.4 is 5.32 Å². The Hall–Kier alpha value is -1.62. The third-order valence-electron chi connectivity index (χ3n) is 3.72. The predicted octanol–water partition coefficient (Wildman–Crippen LogP) is 2.19. The van der Waals surface area contributed by atoms with E-state index in [-0.39, 0.29) is 12.6 Å². The Morgan fingerprint density at radius 1 is 1.24 bits per heavy atom. The molecular weight excluding hydrogens is 264 g/mol. The summed E-state index contributed by atoms with van der Waals surface area (Å²) < 4.78 is 7.34. The molecule has 0 aliphatic carbocycles. The van der Waals surface area contributed by atoms with Crippen molar-refractivity contribution in [3.8, 4) is 5.69 Å². The molecule has 0 bridgehead atoms. The fourth-order valence-corrected chi connectivity index (χ4v) is 2.61. The van der Waals surface area contributed by atoms with E-state index in [1.54, 1.807) is 7.11 Å². The van der Waals surface area contributed by atoms with E-state index in [9.17, 15) is 5.11 Å². The van der Waals surface area contributed by atoms with Crippen LogP contribution in [0.25, 0.3) is 5.69 Å². The van der Waals surface area contributed by atoms with Crippen LogP contribution in [-0.4, -0.2) is 36.0 Å². The van der Waals surface area contributed by atoms with E-state index < -0.39 is 0 Å². The summed E-state index contributed by atoms with van der Waals surface area (Å²) in [5.74, 6) is 0. The van der Waals surface area contributed by atoms with Crippen molar-refractivity contribution >= 4 is 0 Å². The summed E-state index contributed by atoms with van der Waals surface area (Å²) in [5.41, 5.74) is 4.85. The van der Waals surface area contributed by atoms with E-state index in [0.717, 1.165) is 6.54 Å². The average molecular weight is 288 g/mol. The summed E-state index contributed by atoms with van der Waals surface area (Å²) in [6.07, 6.45) is 0. The van der Waals surface area contributed by atoms with Gasteiger partial charge in [-0.05, 0) is 37.6 Å². The number of methoxy groups -OCH3 is 1. The normalized spacial score (nSPS) is 12.6. The molecule has 0 saturated heterocycles. The third-order valence-corrected chi connectivity index (χ3v) is 3.72. The minimum absolute atomic E-state index is 0.0326. The van der Waals surface area contributed by atoms with Crippen molar-refractivity contribution in [2.45, 2.75) is 26.4 Å². The van der Waals surface area contributed by atoms with Gasteiger partial charge in [-0.15, -0.1) is 0 Å². The highest BCUT2D eigenvalue weighted by atomic mass is 16.5. The fourth-order valence-electron chi connectivity index (χ4n) is 2.61. The number of nitrogens with zero attached hydrogens (tertiary/aromatic N) is 1. The first-order chi connectivity index (χ1) is 10.2. The van der Waals surface area contributed by atoms with Gasteiger partial charge in [0, 0.05) is 30.7 Å². The zero-order valence-corrected chi connectivity index (χ0v) is 13.0. The first-order valence-electron chi connectivity index (χ1n) is 7.23. The molecule has 0 saturated carbocycles. The average Bonchev–Trinajstić information content (AvgIpc) is 2.78. The molecule has 1 atom stereocenters. The Labute approximate surface area is 126 Å². The van der Waals surface area contributed by atoms with Gasteiger partial charge in [0.15, 0.2) is 0 Å². The van der Waals surface area contributed by atoms with Gasteiger partial charge in [0.05, 0.1) is 19.3 Å². The molecule has 0 aliphatic rings. The molecule has 4 nitrogen and oxygen atoms in total. The number of hydrogen-bond donors (Lipinski definition) is 2. The molecule has 114 valence electrons. The number of benzene rings is 1. The summed E-state index contributed by atoms with van der Waals surface area (Å²) in [6.45, 7) is 5.55.